The molecule has 7 heteroatoms. The number of nitrogens with zero attached hydrogens (tertiary/aromatic N) is 2. The number of ether oxygens (including phenoxy) is 1. The molecule has 0 amide bonds. The molecule has 0 aromatic carbocycles. The Kier molecular flexibility index (Phi) is 5.55. The summed E-state index contributed by atoms with van der Waals surface area (Å²) in [5.41, 5.74) is 0. The van der Waals surface area contributed by atoms with Gasteiger partial charge >= 0.3 is 5.97 Å². The first kappa shape index (κ1) is 15.4. The van der Waals surface area contributed by atoms with Gasteiger partial charge in [0.25, 0.3) is 0 Å². The van der Waals surface area contributed by atoms with Crippen LogP contribution in [0.5, 0.6) is 0 Å². The summed E-state index contributed by atoms with van der Waals surface area (Å²) in [5.74, 6) is -0.215. The first-order valence-electron chi connectivity index (χ1n) is 6.26. The van der Waals surface area contributed by atoms with Gasteiger partial charge in [0.05, 0.1) is 12.9 Å². The molecular weight excluding hydrogens is 256 g/mol. The number of hydrogen-bond acceptors (Lipinski definition) is 5. The van der Waals surface area contributed by atoms with Gasteiger partial charge in [-0.25, -0.2) is 8.42 Å². The van der Waals surface area contributed by atoms with E-state index in [1.165, 1.54) is 10.6 Å². The molecule has 0 saturated carbocycles. The lowest BCUT2D eigenvalue weighted by Crippen LogP contribution is -2.53. The number of carbonyl (C=O) groups is 1. The van der Waals surface area contributed by atoms with Crippen LogP contribution in [0.2, 0.25) is 0 Å². The summed E-state index contributed by atoms with van der Waals surface area (Å²) in [4.78, 5) is 13.8. The molecule has 1 atom stereocenters. The van der Waals surface area contributed by atoms with Gasteiger partial charge in [-0.1, -0.05) is 6.92 Å². The molecule has 0 aliphatic carbocycles. The standard InChI is InChI=1S/C11H22N2O4S/c1-4-10(11(14)17-5-2)12-6-8-13(9-7-12)18(3,15)16/h10H,4-9H2,1-3H3. The topological polar surface area (TPSA) is 66.9 Å². The van der Waals surface area contributed by atoms with Crippen LogP contribution >= 0.6 is 0 Å². The highest BCUT2D eigenvalue weighted by Gasteiger charge is 2.30. The molecule has 1 aliphatic heterocycles. The van der Waals surface area contributed by atoms with Crippen molar-refractivity contribution in [3.8, 4) is 0 Å². The average Bonchev–Trinajstić information content (AvgIpc) is 2.30. The Morgan fingerprint density at radius 2 is 1.78 bits per heavy atom. The maximum Gasteiger partial charge on any atom is 0.323 e. The lowest BCUT2D eigenvalue weighted by atomic mass is 10.1. The fourth-order valence-corrected chi connectivity index (χ4v) is 2.99. The van der Waals surface area contributed by atoms with Crippen molar-refractivity contribution in [2.75, 3.05) is 39.0 Å². The summed E-state index contributed by atoms with van der Waals surface area (Å²) in [5, 5.41) is 0. The van der Waals surface area contributed by atoms with E-state index in [1.807, 2.05) is 11.8 Å². The van der Waals surface area contributed by atoms with E-state index in [0.717, 1.165) is 0 Å². The van der Waals surface area contributed by atoms with E-state index >= 15 is 0 Å². The molecule has 0 aromatic rings. The van der Waals surface area contributed by atoms with Gasteiger partial charge in [-0.05, 0) is 13.3 Å². The molecule has 1 aliphatic rings. The lowest BCUT2D eigenvalue weighted by molar-refractivity contribution is -0.150. The molecule has 106 valence electrons. The zero-order chi connectivity index (χ0) is 13.8. The molecule has 0 aromatic heterocycles. The van der Waals surface area contributed by atoms with Crippen molar-refractivity contribution in [3.63, 3.8) is 0 Å². The van der Waals surface area contributed by atoms with Crippen LogP contribution in [0.4, 0.5) is 0 Å². The summed E-state index contributed by atoms with van der Waals surface area (Å²) >= 11 is 0. The SMILES string of the molecule is CCOC(=O)C(CC)N1CCN(S(C)(=O)=O)CC1. The number of rotatable bonds is 5. The Labute approximate surface area is 109 Å². The average molecular weight is 278 g/mol. The van der Waals surface area contributed by atoms with Gasteiger partial charge in [0, 0.05) is 26.2 Å². The van der Waals surface area contributed by atoms with Crippen LogP contribution in [0, 0.1) is 0 Å². The second-order valence-electron chi connectivity index (χ2n) is 4.37. The molecule has 1 unspecified atom stereocenters. The van der Waals surface area contributed by atoms with E-state index in [0.29, 0.717) is 39.2 Å². The Morgan fingerprint density at radius 3 is 2.17 bits per heavy atom. The smallest absolute Gasteiger partial charge is 0.323 e. The largest absolute Gasteiger partial charge is 0.465 e. The third-order valence-electron chi connectivity index (χ3n) is 3.13. The van der Waals surface area contributed by atoms with Crippen molar-refractivity contribution in [2.45, 2.75) is 26.3 Å². The zero-order valence-electron chi connectivity index (χ0n) is 11.3. The molecule has 1 rings (SSSR count). The number of carbonyl (C=O) groups excluding carboxylic acids is 1. The van der Waals surface area contributed by atoms with Gasteiger partial charge in [0.1, 0.15) is 6.04 Å². The van der Waals surface area contributed by atoms with Crippen molar-refractivity contribution in [1.29, 1.82) is 0 Å². The summed E-state index contributed by atoms with van der Waals surface area (Å²) < 4.78 is 29.2. The molecule has 18 heavy (non-hydrogen) atoms. The van der Waals surface area contributed by atoms with Crippen LogP contribution in [0.3, 0.4) is 0 Å². The predicted molar refractivity (Wildman–Crippen MR) is 68.7 cm³/mol. The summed E-state index contributed by atoms with van der Waals surface area (Å²) in [7, 11) is -3.12. The summed E-state index contributed by atoms with van der Waals surface area (Å²) in [6, 6.07) is -0.258. The first-order valence-corrected chi connectivity index (χ1v) is 8.10. The van der Waals surface area contributed by atoms with E-state index in [2.05, 4.69) is 0 Å². The highest BCUT2D eigenvalue weighted by molar-refractivity contribution is 7.88. The van der Waals surface area contributed by atoms with Crippen LogP contribution in [0.25, 0.3) is 0 Å². The van der Waals surface area contributed by atoms with E-state index in [9.17, 15) is 13.2 Å². The number of sulfonamides is 1. The minimum Gasteiger partial charge on any atom is -0.465 e. The fraction of sp³-hybridized carbons (Fsp3) is 0.909. The maximum atomic E-state index is 11.8. The third-order valence-corrected chi connectivity index (χ3v) is 4.43. The molecule has 0 spiro atoms. The molecule has 1 fully saturated rings. The quantitative estimate of drug-likeness (QED) is 0.657. The Balaban J connectivity index is 2.58. The van der Waals surface area contributed by atoms with E-state index in [4.69, 9.17) is 4.74 Å². The molecule has 1 saturated heterocycles. The van der Waals surface area contributed by atoms with Crippen LogP contribution in [0.1, 0.15) is 20.3 Å². The normalized spacial score (nSPS) is 20.6. The molecule has 0 bridgehead atoms. The molecule has 0 N–H and O–H groups in total. The molecule has 0 radical (unpaired) electrons. The minimum atomic E-state index is -3.12. The van der Waals surface area contributed by atoms with Gasteiger partial charge in [-0.15, -0.1) is 0 Å². The lowest BCUT2D eigenvalue weighted by Gasteiger charge is -2.36. The third kappa shape index (κ3) is 3.93. The van der Waals surface area contributed by atoms with E-state index in [1.54, 1.807) is 6.92 Å². The second kappa shape index (κ2) is 6.49. The Morgan fingerprint density at radius 1 is 1.22 bits per heavy atom. The number of esters is 1. The van der Waals surface area contributed by atoms with Gasteiger partial charge in [-0.3, -0.25) is 9.69 Å². The van der Waals surface area contributed by atoms with Crippen LogP contribution in [-0.2, 0) is 19.6 Å². The van der Waals surface area contributed by atoms with E-state index < -0.39 is 10.0 Å². The van der Waals surface area contributed by atoms with Crippen LogP contribution < -0.4 is 0 Å². The van der Waals surface area contributed by atoms with Crippen molar-refractivity contribution >= 4 is 16.0 Å². The highest BCUT2D eigenvalue weighted by Crippen LogP contribution is 2.12. The molecule has 6 nitrogen and oxygen atoms in total. The molecule has 1 heterocycles. The highest BCUT2D eigenvalue weighted by atomic mass is 32.2. The number of piperazine rings is 1. The van der Waals surface area contributed by atoms with Crippen molar-refractivity contribution in [2.24, 2.45) is 0 Å². The Hall–Kier alpha value is -0.660. The first-order chi connectivity index (χ1) is 8.40. The second-order valence-corrected chi connectivity index (χ2v) is 6.36. The van der Waals surface area contributed by atoms with Crippen LogP contribution in [-0.4, -0.2) is 68.7 Å². The summed E-state index contributed by atoms with van der Waals surface area (Å²) in [6.45, 7) is 6.12. The van der Waals surface area contributed by atoms with Gasteiger partial charge < -0.3 is 4.74 Å². The van der Waals surface area contributed by atoms with Crippen molar-refractivity contribution in [3.05, 3.63) is 0 Å². The minimum absolute atomic E-state index is 0.215. The van der Waals surface area contributed by atoms with E-state index in [-0.39, 0.29) is 12.0 Å². The fourth-order valence-electron chi connectivity index (χ4n) is 2.16. The summed E-state index contributed by atoms with van der Waals surface area (Å²) in [6.07, 6.45) is 1.89. The van der Waals surface area contributed by atoms with Crippen LogP contribution in [0.15, 0.2) is 0 Å². The van der Waals surface area contributed by atoms with Gasteiger partial charge in [0.15, 0.2) is 0 Å². The number of hydrogen-bond donors (Lipinski definition) is 0. The predicted octanol–water partition coefficient (Wildman–Crippen LogP) is -0.0947. The van der Waals surface area contributed by atoms with Gasteiger partial charge in [-0.2, -0.15) is 4.31 Å². The van der Waals surface area contributed by atoms with Crippen molar-refractivity contribution < 1.29 is 17.9 Å². The monoisotopic (exact) mass is 278 g/mol. The zero-order valence-corrected chi connectivity index (χ0v) is 12.1. The van der Waals surface area contributed by atoms with Gasteiger partial charge in [0.2, 0.25) is 10.0 Å². The maximum absolute atomic E-state index is 11.8. The molecular formula is C11H22N2O4S. The Bertz CT molecular complexity index is 375. The van der Waals surface area contributed by atoms with Crippen molar-refractivity contribution in [1.82, 2.24) is 9.21 Å².